The number of fused-ring (bicyclic) bond motifs is 15. The van der Waals surface area contributed by atoms with Crippen LogP contribution in [0, 0.1) is 0 Å². The monoisotopic (exact) mass is 742 g/mol. The molecule has 7 aromatic carbocycles. The molecule has 0 saturated carbocycles. The molecule has 3 aromatic heterocycles. The Bertz CT molecular complexity index is 3430. The quantitative estimate of drug-likeness (QED) is 0.181. The van der Waals surface area contributed by atoms with Crippen LogP contribution in [0.15, 0.2) is 170 Å². The Balaban J connectivity index is 1.20. The van der Waals surface area contributed by atoms with Gasteiger partial charge in [-0.15, -0.1) is 0 Å². The predicted molar refractivity (Wildman–Crippen MR) is 233 cm³/mol. The van der Waals surface area contributed by atoms with Crippen LogP contribution >= 0.6 is 0 Å². The number of ether oxygens (including phenoxy) is 1. The van der Waals surface area contributed by atoms with E-state index in [0.717, 1.165) is 79.9 Å². The third-order valence-electron chi connectivity index (χ3n) is 12.6. The summed E-state index contributed by atoms with van der Waals surface area (Å²) in [5.74, 6) is 3.14. The molecule has 0 fully saturated rings. The zero-order valence-corrected chi connectivity index (χ0v) is 31.4. The van der Waals surface area contributed by atoms with Crippen LogP contribution in [-0.4, -0.2) is 19.1 Å². The Kier molecular flexibility index (Phi) is 6.42. The van der Waals surface area contributed by atoms with E-state index in [1.807, 2.05) is 24.3 Å². The topological polar surface area (TPSA) is 44.9 Å². The van der Waals surface area contributed by atoms with Gasteiger partial charge in [0.1, 0.15) is 11.6 Å². The first-order valence-corrected chi connectivity index (χ1v) is 20.1. The van der Waals surface area contributed by atoms with Crippen molar-refractivity contribution in [2.45, 2.75) is 18.3 Å². The van der Waals surface area contributed by atoms with Gasteiger partial charge in [0.2, 0.25) is 0 Å². The molecule has 3 aliphatic rings. The average Bonchev–Trinajstić information content (AvgIpc) is 3.82. The highest BCUT2D eigenvalue weighted by atomic mass is 16.5. The van der Waals surface area contributed by atoms with Crippen LogP contribution in [-0.2, 0) is 5.41 Å². The van der Waals surface area contributed by atoms with Gasteiger partial charge in [-0.1, -0.05) is 158 Å². The molecule has 5 nitrogen and oxygen atoms in total. The molecule has 1 atom stereocenters. The summed E-state index contributed by atoms with van der Waals surface area (Å²) in [6.45, 7) is 0. The molecule has 0 radical (unpaired) electrons. The number of hydrogen-bond donors (Lipinski definition) is 0. The van der Waals surface area contributed by atoms with Gasteiger partial charge in [0.15, 0.2) is 11.6 Å². The summed E-state index contributed by atoms with van der Waals surface area (Å²) >= 11 is 0. The van der Waals surface area contributed by atoms with Crippen LogP contribution in [0.2, 0.25) is 0 Å². The summed E-state index contributed by atoms with van der Waals surface area (Å²) in [6, 6.07) is 60.7. The maximum absolute atomic E-state index is 7.34. The number of hydrogen-bond acceptors (Lipinski definition) is 3. The standard InChI is InChI=1S/C53H34N4O/c1-3-16-33(17-4-1)43-32-48(55-52(54-43)34-18-5-2-6-19-34)57-45-27-12-8-21-36(45)38-30-31-42-51(50(38)57)58-47-29-14-10-24-40(47)53(42)39-23-9-13-28-46(39)56-44-26-11-7-20-35(44)37-22-15-25-41(53)49(37)56/h1-6,8-10,12-32H,7,11H2. The second kappa shape index (κ2) is 11.8. The zero-order valence-electron chi connectivity index (χ0n) is 31.4. The fourth-order valence-corrected chi connectivity index (χ4v) is 10.3. The van der Waals surface area contributed by atoms with Gasteiger partial charge < -0.3 is 9.30 Å². The molecular formula is C53H34N4O. The van der Waals surface area contributed by atoms with E-state index in [1.165, 1.54) is 38.3 Å². The van der Waals surface area contributed by atoms with Crippen molar-refractivity contribution >= 4 is 44.9 Å². The van der Waals surface area contributed by atoms with Crippen molar-refractivity contribution in [3.8, 4) is 45.6 Å². The molecule has 0 bridgehead atoms. The van der Waals surface area contributed by atoms with E-state index in [9.17, 15) is 0 Å². The summed E-state index contributed by atoms with van der Waals surface area (Å²) in [5, 5.41) is 6.16. The van der Waals surface area contributed by atoms with Crippen molar-refractivity contribution in [2.24, 2.45) is 0 Å². The Morgan fingerprint density at radius 2 is 1.21 bits per heavy atom. The minimum atomic E-state index is -0.678. The van der Waals surface area contributed by atoms with Crippen LogP contribution in [0.3, 0.4) is 0 Å². The van der Waals surface area contributed by atoms with Gasteiger partial charge in [0.05, 0.1) is 33.3 Å². The maximum Gasteiger partial charge on any atom is 0.162 e. The van der Waals surface area contributed by atoms with Gasteiger partial charge in [0, 0.05) is 55.0 Å². The first-order chi connectivity index (χ1) is 28.8. The third-order valence-corrected chi connectivity index (χ3v) is 12.6. The average molecular weight is 743 g/mol. The summed E-state index contributed by atoms with van der Waals surface area (Å²) in [4.78, 5) is 10.6. The molecule has 10 aromatic rings. The van der Waals surface area contributed by atoms with Crippen molar-refractivity contribution < 1.29 is 4.74 Å². The SMILES string of the molecule is C1=c2c(n3c4c(cccc24)C2(c4ccccc4Oc4c2ccc2c5ccccc5n(-c5cc(-c6ccccc6)nc(-c6ccccc6)n5)c42)c2ccccc2-3)=CCC1. The second-order valence-corrected chi connectivity index (χ2v) is 15.5. The highest BCUT2D eigenvalue weighted by molar-refractivity contribution is 6.12. The van der Waals surface area contributed by atoms with Crippen molar-refractivity contribution in [2.75, 3.05) is 0 Å². The molecular weight excluding hydrogens is 709 g/mol. The van der Waals surface area contributed by atoms with E-state index >= 15 is 0 Å². The Hall–Kier alpha value is -7.50. The fraction of sp³-hybridized carbons (Fsp3) is 0.0566. The van der Waals surface area contributed by atoms with Gasteiger partial charge in [-0.2, -0.15) is 0 Å². The van der Waals surface area contributed by atoms with E-state index in [4.69, 9.17) is 14.7 Å². The molecule has 0 saturated heterocycles. The molecule has 1 unspecified atom stereocenters. The Morgan fingerprint density at radius 1 is 0.500 bits per heavy atom. The molecule has 1 spiro atoms. The van der Waals surface area contributed by atoms with E-state index < -0.39 is 5.41 Å². The van der Waals surface area contributed by atoms with Crippen LogP contribution in [0.1, 0.15) is 35.1 Å². The molecule has 1 aliphatic carbocycles. The smallest absolute Gasteiger partial charge is 0.162 e. The molecule has 13 rings (SSSR count). The first-order valence-electron chi connectivity index (χ1n) is 20.1. The molecule has 5 heterocycles. The first kappa shape index (κ1) is 31.7. The van der Waals surface area contributed by atoms with Crippen molar-refractivity contribution in [3.05, 3.63) is 203 Å². The van der Waals surface area contributed by atoms with E-state index in [0.29, 0.717) is 5.82 Å². The lowest BCUT2D eigenvalue weighted by Crippen LogP contribution is -2.40. The number of benzene rings is 7. The van der Waals surface area contributed by atoms with E-state index in [1.54, 1.807) is 0 Å². The largest absolute Gasteiger partial charge is 0.454 e. The van der Waals surface area contributed by atoms with Crippen LogP contribution in [0.5, 0.6) is 11.5 Å². The molecule has 58 heavy (non-hydrogen) atoms. The lowest BCUT2D eigenvalue weighted by Gasteiger charge is -2.45. The van der Waals surface area contributed by atoms with Crippen molar-refractivity contribution in [3.63, 3.8) is 0 Å². The van der Waals surface area contributed by atoms with Crippen molar-refractivity contribution in [1.29, 1.82) is 0 Å². The molecule has 2 aliphatic heterocycles. The van der Waals surface area contributed by atoms with Gasteiger partial charge >= 0.3 is 0 Å². The molecule has 272 valence electrons. The number of rotatable bonds is 3. The van der Waals surface area contributed by atoms with E-state index in [-0.39, 0.29) is 0 Å². The lowest BCUT2D eigenvalue weighted by molar-refractivity contribution is 0.437. The summed E-state index contributed by atoms with van der Waals surface area (Å²) in [7, 11) is 0. The highest BCUT2D eigenvalue weighted by Crippen LogP contribution is 2.60. The van der Waals surface area contributed by atoms with Crippen LogP contribution in [0.25, 0.3) is 79.0 Å². The highest BCUT2D eigenvalue weighted by Gasteiger charge is 2.51. The molecule has 5 heteroatoms. The zero-order chi connectivity index (χ0) is 38.0. The number of para-hydroxylation sites is 4. The maximum atomic E-state index is 7.34. The Morgan fingerprint density at radius 3 is 2.09 bits per heavy atom. The molecule has 0 N–H and O–H groups in total. The number of aromatic nitrogens is 4. The van der Waals surface area contributed by atoms with E-state index in [2.05, 4.69) is 167 Å². The lowest BCUT2D eigenvalue weighted by atomic mass is 9.61. The third kappa shape index (κ3) is 4.09. The van der Waals surface area contributed by atoms with Crippen LogP contribution < -0.4 is 15.3 Å². The second-order valence-electron chi connectivity index (χ2n) is 15.5. The predicted octanol–water partition coefficient (Wildman–Crippen LogP) is 11.0. The van der Waals surface area contributed by atoms with Crippen molar-refractivity contribution in [1.82, 2.24) is 19.1 Å². The van der Waals surface area contributed by atoms with Crippen LogP contribution in [0.4, 0.5) is 0 Å². The minimum absolute atomic E-state index is 0.668. The molecule has 0 amide bonds. The Labute approximate surface area is 334 Å². The summed E-state index contributed by atoms with van der Waals surface area (Å²) < 4.78 is 12.2. The van der Waals surface area contributed by atoms with Gasteiger partial charge in [-0.05, 0) is 42.2 Å². The van der Waals surface area contributed by atoms with Gasteiger partial charge in [-0.3, -0.25) is 4.57 Å². The van der Waals surface area contributed by atoms with Gasteiger partial charge in [-0.25, -0.2) is 9.97 Å². The number of nitrogens with zero attached hydrogens (tertiary/aromatic N) is 4. The normalized spacial score (nSPS) is 15.9. The summed E-state index contributed by atoms with van der Waals surface area (Å²) in [5.41, 5.74) is 11.4. The summed E-state index contributed by atoms with van der Waals surface area (Å²) in [6.07, 6.45) is 6.94. The minimum Gasteiger partial charge on any atom is -0.454 e. The van der Waals surface area contributed by atoms with Gasteiger partial charge in [0.25, 0.3) is 0 Å². The fourth-order valence-electron chi connectivity index (χ4n) is 10.3.